The number of carbonyl (C=O) groups excluding carboxylic acids is 1. The van der Waals surface area contributed by atoms with Crippen LogP contribution in [0, 0.1) is 5.82 Å². The van der Waals surface area contributed by atoms with E-state index >= 15 is 0 Å². The number of halogens is 1. The number of methoxy groups -OCH3 is 1. The Bertz CT molecular complexity index is 1150. The molecule has 0 spiro atoms. The maximum Gasteiger partial charge on any atom is 0.338 e. The fourth-order valence-electron chi connectivity index (χ4n) is 3.34. The molecule has 0 N–H and O–H groups in total. The highest BCUT2D eigenvalue weighted by atomic mass is 32.2. The molecule has 1 heterocycles. The first-order chi connectivity index (χ1) is 13.2. The molecule has 3 rings (SSSR count). The molecular formula is C21H22FNO4S. The van der Waals surface area contributed by atoms with Crippen LogP contribution in [0.25, 0.3) is 10.9 Å². The predicted octanol–water partition coefficient (Wildman–Crippen LogP) is 3.97. The van der Waals surface area contributed by atoms with E-state index in [0.717, 1.165) is 29.4 Å². The molecule has 3 aromatic rings. The van der Waals surface area contributed by atoms with Crippen molar-refractivity contribution in [2.45, 2.75) is 31.2 Å². The molecule has 0 saturated heterocycles. The fraction of sp³-hybridized carbons (Fsp3) is 0.286. The molecule has 1 aromatic heterocycles. The van der Waals surface area contributed by atoms with Crippen molar-refractivity contribution in [3.8, 4) is 0 Å². The summed E-state index contributed by atoms with van der Waals surface area (Å²) in [5.41, 5.74) is 2.69. The number of sulfone groups is 1. The van der Waals surface area contributed by atoms with Gasteiger partial charge >= 0.3 is 5.97 Å². The van der Waals surface area contributed by atoms with Crippen LogP contribution >= 0.6 is 0 Å². The molecule has 28 heavy (non-hydrogen) atoms. The molecule has 0 amide bonds. The van der Waals surface area contributed by atoms with Crippen molar-refractivity contribution in [3.63, 3.8) is 0 Å². The quantitative estimate of drug-likeness (QED) is 0.584. The molecule has 148 valence electrons. The average molecular weight is 403 g/mol. The van der Waals surface area contributed by atoms with E-state index in [4.69, 9.17) is 4.74 Å². The molecular weight excluding hydrogens is 381 g/mol. The molecule has 0 unspecified atom stereocenters. The third-order valence-corrected chi connectivity index (χ3v) is 5.81. The maximum atomic E-state index is 13.7. The van der Waals surface area contributed by atoms with Crippen molar-refractivity contribution in [2.75, 3.05) is 13.4 Å². The Morgan fingerprint density at radius 2 is 1.89 bits per heavy atom. The molecule has 0 aliphatic rings. The van der Waals surface area contributed by atoms with Crippen molar-refractivity contribution in [1.82, 2.24) is 4.57 Å². The van der Waals surface area contributed by atoms with Gasteiger partial charge in [0, 0.05) is 29.4 Å². The predicted molar refractivity (Wildman–Crippen MR) is 106 cm³/mol. The van der Waals surface area contributed by atoms with Gasteiger partial charge in [-0.05, 0) is 48.4 Å². The van der Waals surface area contributed by atoms with Crippen LogP contribution in [0.5, 0.6) is 0 Å². The van der Waals surface area contributed by atoms with Crippen LogP contribution in [0.15, 0.2) is 47.4 Å². The van der Waals surface area contributed by atoms with Crippen molar-refractivity contribution in [2.24, 2.45) is 0 Å². The molecule has 2 aromatic carbocycles. The molecule has 5 nitrogen and oxygen atoms in total. The smallest absolute Gasteiger partial charge is 0.338 e. The lowest BCUT2D eigenvalue weighted by molar-refractivity contribution is 0.0598. The third-order valence-electron chi connectivity index (χ3n) is 4.70. The number of esters is 1. The standard InChI is InChI=1S/C21H22FNO4S/c1-4-5-17-10-15-11-18(28(3,25)26)8-9-20(15)23(17)13-14-6-7-16(22)12-19(14)21(24)27-2/h6-12H,4-5,13H2,1-3H3. The van der Waals surface area contributed by atoms with Gasteiger partial charge in [0.05, 0.1) is 17.6 Å². The molecule has 0 aliphatic carbocycles. The Morgan fingerprint density at radius 3 is 2.54 bits per heavy atom. The summed E-state index contributed by atoms with van der Waals surface area (Å²) in [5, 5.41) is 0.813. The minimum atomic E-state index is -3.31. The summed E-state index contributed by atoms with van der Waals surface area (Å²) in [6.45, 7) is 2.41. The number of fused-ring (bicyclic) bond motifs is 1. The Labute approximate surface area is 163 Å². The van der Waals surface area contributed by atoms with Crippen LogP contribution in [0.3, 0.4) is 0 Å². The number of nitrogens with zero attached hydrogens (tertiary/aromatic N) is 1. The first kappa shape index (κ1) is 20.1. The van der Waals surface area contributed by atoms with Gasteiger partial charge in [0.25, 0.3) is 0 Å². The van der Waals surface area contributed by atoms with E-state index in [1.54, 1.807) is 24.3 Å². The Kier molecular flexibility index (Phi) is 5.56. The summed E-state index contributed by atoms with van der Waals surface area (Å²) < 4.78 is 44.2. The monoisotopic (exact) mass is 403 g/mol. The second-order valence-corrected chi connectivity index (χ2v) is 8.77. The first-order valence-electron chi connectivity index (χ1n) is 8.93. The van der Waals surface area contributed by atoms with Gasteiger partial charge in [-0.15, -0.1) is 0 Å². The maximum absolute atomic E-state index is 13.7. The lowest BCUT2D eigenvalue weighted by Gasteiger charge is -2.14. The highest BCUT2D eigenvalue weighted by molar-refractivity contribution is 7.90. The third kappa shape index (κ3) is 3.94. The summed E-state index contributed by atoms with van der Waals surface area (Å²) in [6, 6.07) is 11.0. The van der Waals surface area contributed by atoms with Gasteiger partial charge in [0.15, 0.2) is 9.84 Å². The SMILES string of the molecule is CCCc1cc2cc(S(C)(=O)=O)ccc2n1Cc1ccc(F)cc1C(=O)OC. The lowest BCUT2D eigenvalue weighted by atomic mass is 10.1. The zero-order valence-corrected chi connectivity index (χ0v) is 16.8. The van der Waals surface area contributed by atoms with Crippen LogP contribution in [0.1, 0.15) is 35.0 Å². The second kappa shape index (κ2) is 7.75. The van der Waals surface area contributed by atoms with Crippen molar-refractivity contribution < 1.29 is 22.3 Å². The molecule has 0 aliphatic heterocycles. The molecule has 0 fully saturated rings. The first-order valence-corrected chi connectivity index (χ1v) is 10.8. The Morgan fingerprint density at radius 1 is 1.14 bits per heavy atom. The minimum absolute atomic E-state index is 0.180. The van der Waals surface area contributed by atoms with E-state index in [-0.39, 0.29) is 10.5 Å². The summed E-state index contributed by atoms with van der Waals surface area (Å²) in [5.74, 6) is -1.10. The van der Waals surface area contributed by atoms with E-state index in [0.29, 0.717) is 12.1 Å². The number of hydrogen-bond donors (Lipinski definition) is 0. The fourth-order valence-corrected chi connectivity index (χ4v) is 4.00. The zero-order chi connectivity index (χ0) is 20.5. The largest absolute Gasteiger partial charge is 0.465 e. The van der Waals surface area contributed by atoms with Gasteiger partial charge in [-0.2, -0.15) is 0 Å². The van der Waals surface area contributed by atoms with Crippen LogP contribution in [0.2, 0.25) is 0 Å². The number of hydrogen-bond acceptors (Lipinski definition) is 4. The Balaban J connectivity index is 2.15. The number of rotatable bonds is 6. The number of aryl methyl sites for hydroxylation is 1. The summed E-state index contributed by atoms with van der Waals surface area (Å²) in [4.78, 5) is 12.3. The number of benzene rings is 2. The van der Waals surface area contributed by atoms with Gasteiger partial charge in [-0.25, -0.2) is 17.6 Å². The number of aromatic nitrogens is 1. The van der Waals surface area contributed by atoms with Gasteiger partial charge in [-0.3, -0.25) is 0 Å². The van der Waals surface area contributed by atoms with Crippen molar-refractivity contribution in [1.29, 1.82) is 0 Å². The molecule has 7 heteroatoms. The summed E-state index contributed by atoms with van der Waals surface area (Å²) in [6.07, 6.45) is 2.87. The van der Waals surface area contributed by atoms with Crippen LogP contribution in [-0.2, 0) is 27.5 Å². The number of carbonyl (C=O) groups is 1. The number of ether oxygens (including phenoxy) is 1. The normalized spacial score (nSPS) is 11.7. The summed E-state index contributed by atoms with van der Waals surface area (Å²) >= 11 is 0. The van der Waals surface area contributed by atoms with E-state index < -0.39 is 21.6 Å². The van der Waals surface area contributed by atoms with Gasteiger partial charge in [0.2, 0.25) is 0 Å². The van der Waals surface area contributed by atoms with Crippen LogP contribution < -0.4 is 0 Å². The summed E-state index contributed by atoms with van der Waals surface area (Å²) in [7, 11) is -2.05. The van der Waals surface area contributed by atoms with Gasteiger partial charge in [-0.1, -0.05) is 19.4 Å². The highest BCUT2D eigenvalue weighted by Gasteiger charge is 2.17. The average Bonchev–Trinajstić information content (AvgIpc) is 2.98. The van der Waals surface area contributed by atoms with Crippen LogP contribution in [-0.4, -0.2) is 32.3 Å². The molecule has 0 radical (unpaired) electrons. The molecule has 0 atom stereocenters. The minimum Gasteiger partial charge on any atom is -0.465 e. The van der Waals surface area contributed by atoms with Gasteiger partial charge < -0.3 is 9.30 Å². The molecule has 0 bridgehead atoms. The van der Waals surface area contributed by atoms with Crippen molar-refractivity contribution in [3.05, 3.63) is 65.1 Å². The Hall–Kier alpha value is -2.67. The van der Waals surface area contributed by atoms with E-state index in [2.05, 4.69) is 6.92 Å². The molecule has 0 saturated carbocycles. The second-order valence-electron chi connectivity index (χ2n) is 6.76. The van der Waals surface area contributed by atoms with Crippen molar-refractivity contribution >= 4 is 26.7 Å². The zero-order valence-electron chi connectivity index (χ0n) is 16.0. The van der Waals surface area contributed by atoms with E-state index in [9.17, 15) is 17.6 Å². The lowest BCUT2D eigenvalue weighted by Crippen LogP contribution is -2.11. The van der Waals surface area contributed by atoms with E-state index in [1.807, 2.05) is 10.6 Å². The van der Waals surface area contributed by atoms with Crippen LogP contribution in [0.4, 0.5) is 4.39 Å². The van der Waals surface area contributed by atoms with Gasteiger partial charge in [0.1, 0.15) is 5.82 Å². The highest BCUT2D eigenvalue weighted by Crippen LogP contribution is 2.26. The topological polar surface area (TPSA) is 65.4 Å². The van der Waals surface area contributed by atoms with E-state index in [1.165, 1.54) is 25.5 Å².